The number of hydrogen-bond donors (Lipinski definition) is 0. The van der Waals surface area contributed by atoms with Crippen LogP contribution in [-0.2, 0) is 12.0 Å². The molecule has 1 saturated heterocycles. The Bertz CT molecular complexity index is 425. The van der Waals surface area contributed by atoms with E-state index in [-0.39, 0.29) is 5.41 Å². The van der Waals surface area contributed by atoms with Gasteiger partial charge in [-0.15, -0.1) is 0 Å². The summed E-state index contributed by atoms with van der Waals surface area (Å²) in [7, 11) is 0. The number of hydrogen-bond acceptors (Lipinski definition) is 1. The molecule has 2 heteroatoms. The number of rotatable bonds is 2. The molecule has 0 amide bonds. The largest absolute Gasteiger partial charge is 0.299 e. The van der Waals surface area contributed by atoms with Crippen molar-refractivity contribution >= 4 is 15.9 Å². The third-order valence-corrected chi connectivity index (χ3v) is 4.56. The molecule has 1 nitrogen and oxygen atoms in total. The molecule has 0 aliphatic carbocycles. The van der Waals surface area contributed by atoms with Gasteiger partial charge in [-0.1, -0.05) is 49.7 Å². The van der Waals surface area contributed by atoms with E-state index in [1.54, 1.807) is 0 Å². The average molecular weight is 324 g/mol. The molecule has 1 aromatic rings. The predicted octanol–water partition coefficient (Wildman–Crippen LogP) is 4.98. The Hall–Kier alpha value is -0.340. The molecule has 0 N–H and O–H groups in total. The Balaban J connectivity index is 2.10. The van der Waals surface area contributed by atoms with Crippen molar-refractivity contribution in [3.05, 3.63) is 33.8 Å². The molecule has 0 aromatic heterocycles. The summed E-state index contributed by atoms with van der Waals surface area (Å²) in [6, 6.07) is 6.90. The Morgan fingerprint density at radius 2 is 1.79 bits per heavy atom. The Labute approximate surface area is 126 Å². The Kier molecular flexibility index (Phi) is 4.73. The zero-order valence-corrected chi connectivity index (χ0v) is 14.3. The zero-order chi connectivity index (χ0) is 14.0. The molecule has 1 aromatic carbocycles. The highest BCUT2D eigenvalue weighted by molar-refractivity contribution is 9.10. The molecule has 1 fully saturated rings. The molecule has 0 saturated carbocycles. The second-order valence-corrected chi connectivity index (χ2v) is 7.97. The Morgan fingerprint density at radius 3 is 2.37 bits per heavy atom. The van der Waals surface area contributed by atoms with Crippen LogP contribution in [0.3, 0.4) is 0 Å². The molecule has 0 spiro atoms. The van der Waals surface area contributed by atoms with Crippen molar-refractivity contribution in [1.82, 2.24) is 4.90 Å². The molecular weight excluding hydrogens is 298 g/mol. The smallest absolute Gasteiger partial charge is 0.0234 e. The van der Waals surface area contributed by atoms with Gasteiger partial charge in [-0.3, -0.25) is 4.90 Å². The number of piperidine rings is 1. The van der Waals surface area contributed by atoms with Gasteiger partial charge in [0.25, 0.3) is 0 Å². The highest BCUT2D eigenvalue weighted by Crippen LogP contribution is 2.28. The van der Waals surface area contributed by atoms with Crippen LogP contribution in [0.25, 0.3) is 0 Å². The highest BCUT2D eigenvalue weighted by atomic mass is 79.9. The maximum Gasteiger partial charge on any atom is 0.0234 e. The molecule has 1 aliphatic rings. The van der Waals surface area contributed by atoms with E-state index in [1.165, 1.54) is 41.5 Å². The average Bonchev–Trinajstić information content (AvgIpc) is 2.30. The van der Waals surface area contributed by atoms with Gasteiger partial charge in [0.05, 0.1) is 0 Å². The minimum Gasteiger partial charge on any atom is -0.299 e. The van der Waals surface area contributed by atoms with Gasteiger partial charge in [-0.05, 0) is 60.5 Å². The molecule has 0 atom stereocenters. The second-order valence-electron chi connectivity index (χ2n) is 7.06. The lowest BCUT2D eigenvalue weighted by atomic mass is 9.86. The van der Waals surface area contributed by atoms with Crippen LogP contribution in [0.15, 0.2) is 22.7 Å². The second kappa shape index (κ2) is 5.97. The minimum atomic E-state index is 0.217. The maximum atomic E-state index is 3.66. The van der Waals surface area contributed by atoms with E-state index >= 15 is 0 Å². The number of likely N-dealkylation sites (tertiary alicyclic amines) is 1. The van der Waals surface area contributed by atoms with Gasteiger partial charge in [0.15, 0.2) is 0 Å². The molecule has 2 rings (SSSR count). The van der Waals surface area contributed by atoms with Gasteiger partial charge >= 0.3 is 0 Å². The van der Waals surface area contributed by atoms with Gasteiger partial charge in [-0.25, -0.2) is 0 Å². The van der Waals surface area contributed by atoms with E-state index < -0.39 is 0 Å². The van der Waals surface area contributed by atoms with Crippen LogP contribution in [-0.4, -0.2) is 18.0 Å². The lowest BCUT2D eigenvalue weighted by Crippen LogP contribution is -2.32. The molecule has 1 heterocycles. The predicted molar refractivity (Wildman–Crippen MR) is 86.5 cm³/mol. The van der Waals surface area contributed by atoms with Gasteiger partial charge < -0.3 is 0 Å². The topological polar surface area (TPSA) is 3.24 Å². The molecule has 106 valence electrons. The fourth-order valence-corrected chi connectivity index (χ4v) is 3.19. The van der Waals surface area contributed by atoms with Crippen LogP contribution in [0.5, 0.6) is 0 Å². The first-order chi connectivity index (χ1) is 8.84. The summed E-state index contributed by atoms with van der Waals surface area (Å²) in [6.45, 7) is 12.8. The van der Waals surface area contributed by atoms with E-state index in [2.05, 4.69) is 66.7 Å². The quantitative estimate of drug-likeness (QED) is 0.742. The molecule has 1 aliphatic heterocycles. The first-order valence-corrected chi connectivity index (χ1v) is 8.16. The first-order valence-electron chi connectivity index (χ1n) is 7.37. The summed E-state index contributed by atoms with van der Waals surface area (Å²) in [6.07, 6.45) is 2.69. The lowest BCUT2D eigenvalue weighted by molar-refractivity contribution is 0.185. The first kappa shape index (κ1) is 15.1. The third kappa shape index (κ3) is 4.32. The van der Waals surface area contributed by atoms with Crippen LogP contribution >= 0.6 is 15.9 Å². The molecule has 0 radical (unpaired) electrons. The van der Waals surface area contributed by atoms with Crippen LogP contribution in [0.1, 0.15) is 51.7 Å². The summed E-state index contributed by atoms with van der Waals surface area (Å²) in [4.78, 5) is 2.59. The molecular formula is C17H26BrN. The van der Waals surface area contributed by atoms with Gasteiger partial charge in [0, 0.05) is 11.0 Å². The number of benzene rings is 1. The van der Waals surface area contributed by atoms with E-state index in [0.717, 1.165) is 12.5 Å². The van der Waals surface area contributed by atoms with Crippen LogP contribution < -0.4 is 0 Å². The van der Waals surface area contributed by atoms with E-state index in [1.807, 2.05) is 0 Å². The van der Waals surface area contributed by atoms with Crippen molar-refractivity contribution in [1.29, 1.82) is 0 Å². The molecule has 0 unspecified atom stereocenters. The third-order valence-electron chi connectivity index (χ3n) is 4.11. The normalized spacial score (nSPS) is 18.8. The highest BCUT2D eigenvalue weighted by Gasteiger charge is 2.18. The zero-order valence-electron chi connectivity index (χ0n) is 12.7. The van der Waals surface area contributed by atoms with Crippen LogP contribution in [0.2, 0.25) is 0 Å². The van der Waals surface area contributed by atoms with Crippen molar-refractivity contribution in [2.24, 2.45) is 5.92 Å². The fraction of sp³-hybridized carbons (Fsp3) is 0.647. The number of nitrogens with zero attached hydrogens (tertiary/aromatic N) is 1. The SMILES string of the molecule is CC1CCN(Cc2cc(Br)cc(C(C)(C)C)c2)CC1. The van der Waals surface area contributed by atoms with Crippen LogP contribution in [0, 0.1) is 5.92 Å². The van der Waals surface area contributed by atoms with Crippen molar-refractivity contribution in [2.75, 3.05) is 13.1 Å². The van der Waals surface area contributed by atoms with Crippen molar-refractivity contribution in [2.45, 2.75) is 52.5 Å². The Morgan fingerprint density at radius 1 is 1.16 bits per heavy atom. The maximum absolute atomic E-state index is 3.66. The van der Waals surface area contributed by atoms with Crippen LogP contribution in [0.4, 0.5) is 0 Å². The molecule has 19 heavy (non-hydrogen) atoms. The van der Waals surface area contributed by atoms with Crippen molar-refractivity contribution < 1.29 is 0 Å². The van der Waals surface area contributed by atoms with Gasteiger partial charge in [0.2, 0.25) is 0 Å². The lowest BCUT2D eigenvalue weighted by Gasteiger charge is -2.30. The van der Waals surface area contributed by atoms with E-state index in [9.17, 15) is 0 Å². The number of halogens is 1. The summed E-state index contributed by atoms with van der Waals surface area (Å²) < 4.78 is 1.21. The molecule has 0 bridgehead atoms. The van der Waals surface area contributed by atoms with E-state index in [4.69, 9.17) is 0 Å². The van der Waals surface area contributed by atoms with Gasteiger partial charge in [0.1, 0.15) is 0 Å². The minimum absolute atomic E-state index is 0.217. The van der Waals surface area contributed by atoms with E-state index in [0.29, 0.717) is 0 Å². The monoisotopic (exact) mass is 323 g/mol. The fourth-order valence-electron chi connectivity index (χ4n) is 2.65. The standard InChI is InChI=1S/C17H26BrN/c1-13-5-7-19(8-6-13)12-14-9-15(17(2,3)4)11-16(18)10-14/h9-11,13H,5-8,12H2,1-4H3. The van der Waals surface area contributed by atoms with Crippen molar-refractivity contribution in [3.8, 4) is 0 Å². The van der Waals surface area contributed by atoms with Crippen molar-refractivity contribution in [3.63, 3.8) is 0 Å². The summed E-state index contributed by atoms with van der Waals surface area (Å²) in [5.41, 5.74) is 3.07. The summed E-state index contributed by atoms with van der Waals surface area (Å²) in [5, 5.41) is 0. The van der Waals surface area contributed by atoms with Gasteiger partial charge in [-0.2, -0.15) is 0 Å². The summed E-state index contributed by atoms with van der Waals surface area (Å²) >= 11 is 3.66. The summed E-state index contributed by atoms with van der Waals surface area (Å²) in [5.74, 6) is 0.906.